The van der Waals surface area contributed by atoms with Crippen molar-refractivity contribution in [2.75, 3.05) is 7.11 Å². The van der Waals surface area contributed by atoms with Gasteiger partial charge in [-0.2, -0.15) is 0 Å². The molecule has 0 aromatic carbocycles. The predicted molar refractivity (Wildman–Crippen MR) is 63.0 cm³/mol. The fraction of sp³-hybridized carbons (Fsp3) is 0.818. The van der Waals surface area contributed by atoms with Crippen molar-refractivity contribution in [2.45, 2.75) is 52.3 Å². The molecule has 0 amide bonds. The van der Waals surface area contributed by atoms with Crippen LogP contribution in [0.3, 0.4) is 0 Å². The molecule has 0 saturated heterocycles. The van der Waals surface area contributed by atoms with Gasteiger partial charge in [0.1, 0.15) is 5.69 Å². The smallest absolute Gasteiger partial charge is 0.102 e. The number of methoxy groups -OCH3 is 1. The third kappa shape index (κ3) is 2.41. The van der Waals surface area contributed by atoms with E-state index >= 15 is 0 Å². The zero-order valence-electron chi connectivity index (χ0n) is 10.6. The highest BCUT2D eigenvalue weighted by molar-refractivity contribution is 5.13. The first-order valence-corrected chi connectivity index (χ1v) is 5.86. The Morgan fingerprint density at radius 1 is 1.38 bits per heavy atom. The van der Waals surface area contributed by atoms with E-state index in [4.69, 9.17) is 10.5 Å². The summed E-state index contributed by atoms with van der Waals surface area (Å²) in [6.07, 6.45) is 2.05. The van der Waals surface area contributed by atoms with E-state index in [1.54, 1.807) is 7.11 Å². The number of nitrogens with two attached hydrogens (primary N) is 1. The Hall–Kier alpha value is -0.940. The molecule has 0 radical (unpaired) electrons. The van der Waals surface area contributed by atoms with E-state index in [9.17, 15) is 0 Å². The van der Waals surface area contributed by atoms with E-state index in [2.05, 4.69) is 24.2 Å². The maximum atomic E-state index is 5.67. The molecule has 1 heterocycles. The first-order chi connectivity index (χ1) is 7.69. The van der Waals surface area contributed by atoms with E-state index in [1.165, 1.54) is 0 Å². The van der Waals surface area contributed by atoms with Crippen molar-refractivity contribution in [3.05, 3.63) is 11.4 Å². The molecule has 1 atom stereocenters. The third-order valence-corrected chi connectivity index (χ3v) is 3.02. The molecule has 0 saturated carbocycles. The Kier molecular flexibility index (Phi) is 4.89. The first-order valence-electron chi connectivity index (χ1n) is 5.86. The van der Waals surface area contributed by atoms with Gasteiger partial charge in [0.2, 0.25) is 0 Å². The standard InChI is InChI=1S/C11H22N4O/c1-5-9(6-2)15-11(8(3)16-4)10(7-12)13-14-15/h8-9H,5-7,12H2,1-4H3. The molecule has 92 valence electrons. The van der Waals surface area contributed by atoms with Crippen molar-refractivity contribution in [2.24, 2.45) is 5.73 Å². The van der Waals surface area contributed by atoms with Crippen LogP contribution < -0.4 is 5.73 Å². The quantitative estimate of drug-likeness (QED) is 0.803. The van der Waals surface area contributed by atoms with Crippen LogP contribution in [0.2, 0.25) is 0 Å². The van der Waals surface area contributed by atoms with Crippen molar-refractivity contribution in [1.82, 2.24) is 15.0 Å². The molecule has 1 aromatic rings. The molecule has 5 nitrogen and oxygen atoms in total. The maximum Gasteiger partial charge on any atom is 0.102 e. The van der Waals surface area contributed by atoms with E-state index in [0.717, 1.165) is 24.2 Å². The van der Waals surface area contributed by atoms with Crippen LogP contribution in [-0.4, -0.2) is 22.1 Å². The van der Waals surface area contributed by atoms with E-state index in [-0.39, 0.29) is 6.10 Å². The number of aromatic nitrogens is 3. The van der Waals surface area contributed by atoms with Gasteiger partial charge >= 0.3 is 0 Å². The van der Waals surface area contributed by atoms with Crippen LogP contribution in [0.4, 0.5) is 0 Å². The van der Waals surface area contributed by atoms with Gasteiger partial charge in [-0.1, -0.05) is 19.1 Å². The number of ether oxygens (including phenoxy) is 1. The Morgan fingerprint density at radius 2 is 2.00 bits per heavy atom. The highest BCUT2D eigenvalue weighted by Gasteiger charge is 2.21. The zero-order chi connectivity index (χ0) is 12.1. The number of hydrogen-bond donors (Lipinski definition) is 1. The summed E-state index contributed by atoms with van der Waals surface area (Å²) in [6, 6.07) is 0.375. The Morgan fingerprint density at radius 3 is 2.44 bits per heavy atom. The van der Waals surface area contributed by atoms with E-state index in [1.807, 2.05) is 11.6 Å². The summed E-state index contributed by atoms with van der Waals surface area (Å²) in [5, 5.41) is 8.33. The lowest BCUT2D eigenvalue weighted by Gasteiger charge is -2.19. The van der Waals surface area contributed by atoms with Gasteiger partial charge in [-0.25, -0.2) is 4.68 Å². The van der Waals surface area contributed by atoms with Gasteiger partial charge in [-0.05, 0) is 19.8 Å². The summed E-state index contributed by atoms with van der Waals surface area (Å²) in [6.45, 7) is 6.71. The van der Waals surface area contributed by atoms with Crippen molar-refractivity contribution < 1.29 is 4.74 Å². The summed E-state index contributed by atoms with van der Waals surface area (Å²) >= 11 is 0. The SMILES string of the molecule is CCC(CC)n1nnc(CN)c1C(C)OC. The Balaban J connectivity index is 3.13. The molecular weight excluding hydrogens is 204 g/mol. The maximum absolute atomic E-state index is 5.67. The van der Waals surface area contributed by atoms with Gasteiger partial charge < -0.3 is 10.5 Å². The second-order valence-electron chi connectivity index (χ2n) is 3.92. The lowest BCUT2D eigenvalue weighted by Crippen LogP contribution is -2.16. The molecule has 0 spiro atoms. The van der Waals surface area contributed by atoms with E-state index < -0.39 is 0 Å². The Bertz CT molecular complexity index is 320. The number of hydrogen-bond acceptors (Lipinski definition) is 4. The second-order valence-corrected chi connectivity index (χ2v) is 3.92. The minimum atomic E-state index is -0.0193. The second kappa shape index (κ2) is 5.96. The van der Waals surface area contributed by atoms with Crippen LogP contribution in [0.15, 0.2) is 0 Å². The summed E-state index contributed by atoms with van der Waals surface area (Å²) < 4.78 is 7.33. The summed E-state index contributed by atoms with van der Waals surface area (Å²) in [4.78, 5) is 0. The van der Waals surface area contributed by atoms with Gasteiger partial charge in [0.25, 0.3) is 0 Å². The summed E-state index contributed by atoms with van der Waals surface area (Å²) in [7, 11) is 1.69. The molecule has 1 rings (SSSR count). The number of nitrogens with zero attached hydrogens (tertiary/aromatic N) is 3. The van der Waals surface area contributed by atoms with Gasteiger partial charge in [-0.15, -0.1) is 5.10 Å². The molecule has 0 aliphatic heterocycles. The molecule has 2 N–H and O–H groups in total. The summed E-state index contributed by atoms with van der Waals surface area (Å²) in [5.74, 6) is 0. The van der Waals surface area contributed by atoms with Gasteiger partial charge in [-0.3, -0.25) is 0 Å². The molecule has 0 fully saturated rings. The first kappa shape index (κ1) is 13.1. The fourth-order valence-electron chi connectivity index (χ4n) is 1.92. The minimum Gasteiger partial charge on any atom is -0.375 e. The van der Waals surface area contributed by atoms with Crippen molar-refractivity contribution in [3.63, 3.8) is 0 Å². The average molecular weight is 226 g/mol. The molecule has 0 bridgehead atoms. The molecule has 1 unspecified atom stereocenters. The van der Waals surface area contributed by atoms with Gasteiger partial charge in [0.15, 0.2) is 0 Å². The lowest BCUT2D eigenvalue weighted by atomic mass is 10.1. The zero-order valence-corrected chi connectivity index (χ0v) is 10.6. The van der Waals surface area contributed by atoms with Gasteiger partial charge in [0.05, 0.1) is 17.8 Å². The average Bonchev–Trinajstić information content (AvgIpc) is 2.73. The normalized spacial score (nSPS) is 13.4. The molecule has 0 aliphatic rings. The Labute approximate surface area is 97.0 Å². The molecule has 5 heteroatoms. The summed E-state index contributed by atoms with van der Waals surface area (Å²) in [5.41, 5.74) is 7.52. The number of rotatable bonds is 6. The van der Waals surface area contributed by atoms with Crippen LogP contribution >= 0.6 is 0 Å². The molecule has 0 aliphatic carbocycles. The topological polar surface area (TPSA) is 66.0 Å². The highest BCUT2D eigenvalue weighted by atomic mass is 16.5. The largest absolute Gasteiger partial charge is 0.375 e. The van der Waals surface area contributed by atoms with Crippen LogP contribution in [0, 0.1) is 0 Å². The molecule has 16 heavy (non-hydrogen) atoms. The van der Waals surface area contributed by atoms with Crippen LogP contribution in [0.25, 0.3) is 0 Å². The fourth-order valence-corrected chi connectivity index (χ4v) is 1.92. The van der Waals surface area contributed by atoms with Crippen molar-refractivity contribution in [3.8, 4) is 0 Å². The third-order valence-electron chi connectivity index (χ3n) is 3.02. The molecular formula is C11H22N4O. The van der Waals surface area contributed by atoms with Crippen LogP contribution in [0.5, 0.6) is 0 Å². The van der Waals surface area contributed by atoms with Gasteiger partial charge in [0, 0.05) is 13.7 Å². The molecule has 1 aromatic heterocycles. The highest BCUT2D eigenvalue weighted by Crippen LogP contribution is 2.24. The monoisotopic (exact) mass is 226 g/mol. The van der Waals surface area contributed by atoms with Crippen molar-refractivity contribution in [1.29, 1.82) is 0 Å². The minimum absolute atomic E-state index is 0.0193. The van der Waals surface area contributed by atoms with Crippen LogP contribution in [-0.2, 0) is 11.3 Å². The predicted octanol–water partition coefficient (Wildman–Crippen LogP) is 1.81. The van der Waals surface area contributed by atoms with E-state index in [0.29, 0.717) is 12.6 Å². The van der Waals surface area contributed by atoms with Crippen molar-refractivity contribution >= 4 is 0 Å². The van der Waals surface area contributed by atoms with Crippen LogP contribution in [0.1, 0.15) is 57.1 Å². The lowest BCUT2D eigenvalue weighted by molar-refractivity contribution is 0.108.